The Morgan fingerprint density at radius 1 is 0.689 bits per heavy atom. The molecule has 0 aliphatic carbocycles. The summed E-state index contributed by atoms with van der Waals surface area (Å²) in [6.45, 7) is 1.32. The topological polar surface area (TPSA) is 446 Å². The van der Waals surface area contributed by atoms with Crippen LogP contribution in [0.3, 0.4) is 0 Å². The molecular weight excluding hydrogens is 959 g/mol. The Morgan fingerprint density at radius 2 is 1.27 bits per heavy atom. The SMILES string of the molecule is CC(=O)N[C@@H](CCCN=C(N)N)C(=O)N[C@H]1CCCCNC(=O)C[C@@H](C(N)=O)NC(=O)[C@H](Cc2c[nH]c3ccccc23)NC(=O)[C@H](CCCN=C(N)N)NC(=O)[C@@H](Cc2ccccc2)NC(=O)[C@H](CCN)NC1=O. The van der Waals surface area contributed by atoms with Crippen LogP contribution in [0.2, 0.25) is 0 Å². The lowest BCUT2D eigenvalue weighted by Gasteiger charge is -2.28. The largest absolute Gasteiger partial charge is 0.370 e. The van der Waals surface area contributed by atoms with Crippen LogP contribution >= 0.6 is 0 Å². The van der Waals surface area contributed by atoms with E-state index in [0.29, 0.717) is 11.1 Å². The number of primary amides is 1. The summed E-state index contributed by atoms with van der Waals surface area (Å²) in [5, 5.41) is 22.0. The smallest absolute Gasteiger partial charge is 0.243 e. The van der Waals surface area contributed by atoms with Crippen LogP contribution in [0.25, 0.3) is 10.9 Å². The number of para-hydroxylation sites is 1. The van der Waals surface area contributed by atoms with E-state index in [0.717, 1.165) is 10.9 Å². The number of hydrogen-bond acceptors (Lipinski definition) is 12. The number of aliphatic imine (C=N–C) groups is 2. The van der Waals surface area contributed by atoms with Crippen molar-refractivity contribution in [2.75, 3.05) is 26.2 Å². The number of nitrogens with one attached hydrogen (secondary N) is 9. The maximum Gasteiger partial charge on any atom is 0.243 e. The molecule has 9 amide bonds. The number of carbonyl (C=O) groups excluding carboxylic acids is 9. The molecule has 26 nitrogen and oxygen atoms in total. The van der Waals surface area contributed by atoms with E-state index in [1.165, 1.54) is 6.92 Å². The van der Waals surface area contributed by atoms with Gasteiger partial charge in [0.25, 0.3) is 0 Å². The maximum absolute atomic E-state index is 14.6. The molecule has 1 fully saturated rings. The molecule has 3 aromatic rings. The van der Waals surface area contributed by atoms with Crippen molar-refractivity contribution < 1.29 is 43.2 Å². The standard InChI is InChI=1S/C48H71N17O9/c1-27(66)59-32(16-9-21-56-47(51)52)41(69)60-33-15-7-8-20-55-39(67)25-36(40(50)68)63-46(74)38(24-29-26-58-31-14-6-5-13-30(29)31)65-43(71)34(17-10-22-57-48(53)54)61-45(73)37(23-28-11-3-2-4-12-28)64-44(72)35(18-19-49)62-42(33)70/h2-6,11-14,26,32-38,58H,7-10,15-25,49H2,1H3,(H2,50,68)(H,55,67)(H,59,66)(H,60,69)(H,61,73)(H,62,70)(H,63,74)(H,64,72)(H,65,71)(H4,51,52,56)(H4,53,54,57)/t32-,33-,34-,35-,36-,37+,38-/m0/s1. The minimum absolute atomic E-state index is 0.0196. The fourth-order valence-corrected chi connectivity index (χ4v) is 8.10. The number of aromatic amines is 1. The average molecular weight is 1030 g/mol. The molecule has 2 aromatic carbocycles. The van der Waals surface area contributed by atoms with E-state index in [1.807, 2.05) is 18.2 Å². The van der Waals surface area contributed by atoms with Gasteiger partial charge in [0.05, 0.1) is 6.42 Å². The summed E-state index contributed by atoms with van der Waals surface area (Å²) in [4.78, 5) is 135. The van der Waals surface area contributed by atoms with Crippen LogP contribution in [0.1, 0.15) is 75.8 Å². The Hall–Kier alpha value is -8.29. The number of carbonyl (C=O) groups is 9. The normalized spacial score (nSPS) is 21.2. The fourth-order valence-electron chi connectivity index (χ4n) is 8.10. The van der Waals surface area contributed by atoms with Gasteiger partial charge < -0.3 is 81.9 Å². The lowest BCUT2D eigenvalue weighted by molar-refractivity contribution is -0.136. The van der Waals surface area contributed by atoms with Gasteiger partial charge in [0.1, 0.15) is 42.3 Å². The number of amides is 9. The van der Waals surface area contributed by atoms with E-state index in [9.17, 15) is 43.2 Å². The molecule has 21 N–H and O–H groups in total. The number of H-pyrrole nitrogens is 1. The molecule has 0 unspecified atom stereocenters. The van der Waals surface area contributed by atoms with Gasteiger partial charge >= 0.3 is 0 Å². The molecule has 1 aliphatic rings. The van der Waals surface area contributed by atoms with Gasteiger partial charge in [0.2, 0.25) is 53.2 Å². The van der Waals surface area contributed by atoms with Crippen LogP contribution in [-0.2, 0) is 56.0 Å². The first-order valence-corrected chi connectivity index (χ1v) is 24.4. The first kappa shape index (κ1) is 58.3. The second-order valence-electron chi connectivity index (χ2n) is 17.8. The zero-order chi connectivity index (χ0) is 54.2. The van der Waals surface area contributed by atoms with E-state index in [4.69, 9.17) is 34.4 Å². The molecule has 0 radical (unpaired) electrons. The summed E-state index contributed by atoms with van der Waals surface area (Å²) >= 11 is 0. The number of nitrogens with two attached hydrogens (primary N) is 6. The van der Waals surface area contributed by atoms with Crippen LogP contribution < -0.4 is 76.9 Å². The number of rotatable bonds is 18. The van der Waals surface area contributed by atoms with Gasteiger partial charge in [-0.3, -0.25) is 53.1 Å². The molecule has 0 bridgehead atoms. The number of benzene rings is 2. The molecule has 74 heavy (non-hydrogen) atoms. The van der Waals surface area contributed by atoms with Crippen molar-refractivity contribution in [3.8, 4) is 0 Å². The summed E-state index contributed by atoms with van der Waals surface area (Å²) in [6.07, 6.45) is 1.59. The molecule has 0 saturated carbocycles. The van der Waals surface area contributed by atoms with Crippen LogP contribution in [0.4, 0.5) is 0 Å². The Morgan fingerprint density at radius 3 is 1.92 bits per heavy atom. The third-order valence-electron chi connectivity index (χ3n) is 11.9. The highest BCUT2D eigenvalue weighted by atomic mass is 16.2. The van der Waals surface area contributed by atoms with Gasteiger partial charge in [-0.2, -0.15) is 0 Å². The Balaban J connectivity index is 1.75. The third kappa shape index (κ3) is 19.7. The monoisotopic (exact) mass is 1030 g/mol. The summed E-state index contributed by atoms with van der Waals surface area (Å²) in [5.74, 6) is -7.51. The molecular formula is C48H71N17O9. The number of hydrogen-bond donors (Lipinski definition) is 15. The summed E-state index contributed by atoms with van der Waals surface area (Å²) in [5.41, 5.74) is 35.6. The molecule has 0 spiro atoms. The van der Waals surface area contributed by atoms with Crippen molar-refractivity contribution in [1.82, 2.24) is 47.5 Å². The van der Waals surface area contributed by atoms with Crippen molar-refractivity contribution >= 4 is 76.0 Å². The van der Waals surface area contributed by atoms with Crippen molar-refractivity contribution in [1.29, 1.82) is 0 Å². The van der Waals surface area contributed by atoms with Crippen LogP contribution in [0.15, 0.2) is 70.8 Å². The molecule has 1 aliphatic heterocycles. The molecule has 26 heteroatoms. The predicted octanol–water partition coefficient (Wildman–Crippen LogP) is -4.00. The number of nitrogens with zero attached hydrogens (tertiary/aromatic N) is 2. The second-order valence-corrected chi connectivity index (χ2v) is 17.8. The summed E-state index contributed by atoms with van der Waals surface area (Å²) < 4.78 is 0. The zero-order valence-electron chi connectivity index (χ0n) is 41.5. The van der Waals surface area contributed by atoms with Gasteiger partial charge in [-0.15, -0.1) is 0 Å². The lowest BCUT2D eigenvalue weighted by atomic mass is 10.0. The predicted molar refractivity (Wildman–Crippen MR) is 276 cm³/mol. The van der Waals surface area contributed by atoms with E-state index in [1.54, 1.807) is 42.6 Å². The molecule has 2 heterocycles. The molecule has 7 atom stereocenters. The average Bonchev–Trinajstić information content (AvgIpc) is 3.76. The van der Waals surface area contributed by atoms with E-state index < -0.39 is 102 Å². The Bertz CT molecular complexity index is 2480. The number of guanidine groups is 2. The van der Waals surface area contributed by atoms with Crippen molar-refractivity contribution in [2.24, 2.45) is 44.4 Å². The molecule has 1 aromatic heterocycles. The molecule has 402 valence electrons. The van der Waals surface area contributed by atoms with Gasteiger partial charge in [-0.05, 0) is 75.1 Å². The first-order chi connectivity index (χ1) is 35.3. The van der Waals surface area contributed by atoms with E-state index in [2.05, 4.69) is 57.5 Å². The highest BCUT2D eigenvalue weighted by Crippen LogP contribution is 2.20. The number of aromatic nitrogens is 1. The highest BCUT2D eigenvalue weighted by molar-refractivity contribution is 5.98. The Labute approximate surface area is 427 Å². The lowest BCUT2D eigenvalue weighted by Crippen LogP contribution is -2.60. The summed E-state index contributed by atoms with van der Waals surface area (Å²) in [7, 11) is 0. The number of fused-ring (bicyclic) bond motifs is 1. The second kappa shape index (κ2) is 29.9. The zero-order valence-corrected chi connectivity index (χ0v) is 41.5. The molecule has 4 rings (SSSR count). The van der Waals surface area contributed by atoms with Gasteiger partial charge in [-0.1, -0.05) is 48.5 Å². The van der Waals surface area contributed by atoms with Gasteiger partial charge in [-0.25, -0.2) is 0 Å². The Kier molecular flexibility index (Phi) is 23.6. The van der Waals surface area contributed by atoms with Crippen molar-refractivity contribution in [3.05, 3.63) is 71.9 Å². The van der Waals surface area contributed by atoms with Crippen molar-refractivity contribution in [2.45, 2.75) is 120 Å². The maximum atomic E-state index is 14.6. The molecule has 1 saturated heterocycles. The quantitative estimate of drug-likeness (QED) is 0.0328. The highest BCUT2D eigenvalue weighted by Gasteiger charge is 2.35. The van der Waals surface area contributed by atoms with E-state index >= 15 is 0 Å². The third-order valence-corrected chi connectivity index (χ3v) is 11.9. The van der Waals surface area contributed by atoms with Crippen LogP contribution in [-0.4, -0.2) is 139 Å². The van der Waals surface area contributed by atoms with Crippen LogP contribution in [0.5, 0.6) is 0 Å². The fraction of sp³-hybridized carbons (Fsp3) is 0.479. The minimum Gasteiger partial charge on any atom is -0.370 e. The summed E-state index contributed by atoms with van der Waals surface area (Å²) in [6, 6.07) is 6.41. The first-order valence-electron chi connectivity index (χ1n) is 24.4. The minimum atomic E-state index is -1.54. The van der Waals surface area contributed by atoms with E-state index in [-0.39, 0.29) is 102 Å². The van der Waals surface area contributed by atoms with Gasteiger partial charge in [0, 0.05) is 56.5 Å². The van der Waals surface area contributed by atoms with Crippen LogP contribution in [0, 0.1) is 0 Å². The van der Waals surface area contributed by atoms with Crippen molar-refractivity contribution in [3.63, 3.8) is 0 Å². The van der Waals surface area contributed by atoms with Gasteiger partial charge in [0.15, 0.2) is 11.9 Å².